The third-order valence-corrected chi connectivity index (χ3v) is 5.04. The van der Waals surface area contributed by atoms with Gasteiger partial charge in [-0.15, -0.1) is 0 Å². The second-order valence-electron chi connectivity index (χ2n) is 6.40. The number of fused-ring (bicyclic) bond motifs is 1. The zero-order chi connectivity index (χ0) is 14.2. The van der Waals surface area contributed by atoms with Crippen LogP contribution < -0.4 is 4.74 Å². The van der Waals surface area contributed by atoms with E-state index in [1.807, 2.05) is 12.1 Å². The first-order valence-corrected chi connectivity index (χ1v) is 7.85. The van der Waals surface area contributed by atoms with Gasteiger partial charge in [0.25, 0.3) is 0 Å². The molecule has 0 aromatic heterocycles. The molecule has 1 aromatic rings. The molecule has 0 bridgehead atoms. The van der Waals surface area contributed by atoms with Crippen LogP contribution in [0.25, 0.3) is 0 Å². The van der Waals surface area contributed by atoms with Crippen molar-refractivity contribution in [2.75, 3.05) is 6.61 Å². The Balaban J connectivity index is 1.89. The van der Waals surface area contributed by atoms with Crippen molar-refractivity contribution in [1.82, 2.24) is 0 Å². The zero-order valence-electron chi connectivity index (χ0n) is 11.9. The molecule has 3 rings (SSSR count). The molecule has 0 N–H and O–H groups in total. The minimum Gasteiger partial charge on any atom is -0.493 e. The summed E-state index contributed by atoms with van der Waals surface area (Å²) in [5.74, 6) is 1.74. The highest BCUT2D eigenvalue weighted by molar-refractivity contribution is 6.30. The summed E-state index contributed by atoms with van der Waals surface area (Å²) in [6, 6.07) is 6.58. The molecule has 1 saturated carbocycles. The number of hydrogen-bond donors (Lipinski definition) is 0. The summed E-state index contributed by atoms with van der Waals surface area (Å²) in [5.41, 5.74) is 2.10. The van der Waals surface area contributed by atoms with Gasteiger partial charge in [-0.25, -0.2) is 0 Å². The molecule has 2 aliphatic rings. The van der Waals surface area contributed by atoms with Crippen molar-refractivity contribution in [3.05, 3.63) is 28.3 Å². The summed E-state index contributed by atoms with van der Waals surface area (Å²) in [4.78, 5) is 0. The quantitative estimate of drug-likeness (QED) is 0.801. The molecular weight excluding hydrogens is 270 g/mol. The smallest absolute Gasteiger partial charge is 0.125 e. The lowest BCUT2D eigenvalue weighted by Crippen LogP contribution is -2.27. The third-order valence-electron chi connectivity index (χ3n) is 4.82. The lowest BCUT2D eigenvalue weighted by atomic mass is 9.68. The normalized spacial score (nSPS) is 28.6. The van der Waals surface area contributed by atoms with Crippen LogP contribution in [0, 0.1) is 22.7 Å². The Labute approximate surface area is 125 Å². The Morgan fingerprint density at radius 3 is 2.85 bits per heavy atom. The van der Waals surface area contributed by atoms with Crippen molar-refractivity contribution in [2.24, 2.45) is 11.3 Å². The van der Waals surface area contributed by atoms with E-state index in [0.29, 0.717) is 0 Å². The van der Waals surface area contributed by atoms with E-state index in [2.05, 4.69) is 13.0 Å². The maximum absolute atomic E-state index is 9.68. The van der Waals surface area contributed by atoms with Gasteiger partial charge in [-0.1, -0.05) is 18.5 Å². The van der Waals surface area contributed by atoms with Gasteiger partial charge in [0.1, 0.15) is 5.75 Å². The van der Waals surface area contributed by atoms with Gasteiger partial charge in [-0.05, 0) is 61.3 Å². The molecule has 0 atom stereocenters. The van der Waals surface area contributed by atoms with Crippen LogP contribution >= 0.6 is 11.6 Å². The molecule has 1 aliphatic heterocycles. The van der Waals surface area contributed by atoms with Gasteiger partial charge >= 0.3 is 0 Å². The summed E-state index contributed by atoms with van der Waals surface area (Å²) in [6.45, 7) is 3.01. The van der Waals surface area contributed by atoms with E-state index in [0.717, 1.165) is 67.4 Å². The van der Waals surface area contributed by atoms with Crippen LogP contribution in [0.4, 0.5) is 0 Å². The molecule has 0 unspecified atom stereocenters. The predicted octanol–water partition coefficient (Wildman–Crippen LogP) is 4.54. The largest absolute Gasteiger partial charge is 0.493 e. The monoisotopic (exact) mass is 289 g/mol. The zero-order valence-corrected chi connectivity index (χ0v) is 12.7. The first-order valence-electron chi connectivity index (χ1n) is 7.47. The fourth-order valence-corrected chi connectivity index (χ4v) is 3.75. The highest BCUT2D eigenvalue weighted by Crippen LogP contribution is 2.44. The van der Waals surface area contributed by atoms with Crippen molar-refractivity contribution in [1.29, 1.82) is 5.26 Å². The summed E-state index contributed by atoms with van der Waals surface area (Å²) in [5, 5.41) is 10.4. The fourth-order valence-electron chi connectivity index (χ4n) is 3.48. The van der Waals surface area contributed by atoms with Crippen LogP contribution in [0.5, 0.6) is 5.75 Å². The predicted molar refractivity (Wildman–Crippen MR) is 80.0 cm³/mol. The minimum absolute atomic E-state index is 0.225. The number of rotatable bonds is 2. The minimum atomic E-state index is -0.225. The van der Waals surface area contributed by atoms with Crippen LogP contribution in [0.1, 0.15) is 43.7 Å². The Kier molecular flexibility index (Phi) is 3.65. The van der Waals surface area contributed by atoms with Gasteiger partial charge in [0.2, 0.25) is 0 Å². The average molecular weight is 290 g/mol. The van der Waals surface area contributed by atoms with Crippen molar-refractivity contribution in [3.63, 3.8) is 0 Å². The number of nitriles is 1. The first kappa shape index (κ1) is 13.8. The Morgan fingerprint density at radius 1 is 1.40 bits per heavy atom. The maximum atomic E-state index is 9.68. The van der Waals surface area contributed by atoms with E-state index in [-0.39, 0.29) is 5.41 Å². The Morgan fingerprint density at radius 2 is 2.15 bits per heavy atom. The SMILES string of the molecule is CC1CCC(C#N)(Cc2cc(Cl)cc3c2OCC3)CC1. The topological polar surface area (TPSA) is 33.0 Å². The second kappa shape index (κ2) is 5.30. The maximum Gasteiger partial charge on any atom is 0.125 e. The summed E-state index contributed by atoms with van der Waals surface area (Å²) in [6.07, 6.45) is 5.99. The Hall–Kier alpha value is -1.20. The van der Waals surface area contributed by atoms with Gasteiger partial charge in [0.15, 0.2) is 0 Å². The van der Waals surface area contributed by atoms with Gasteiger partial charge in [0.05, 0.1) is 18.1 Å². The van der Waals surface area contributed by atoms with E-state index in [1.165, 1.54) is 5.56 Å². The fraction of sp³-hybridized carbons (Fsp3) is 0.588. The van der Waals surface area contributed by atoms with E-state index in [1.54, 1.807) is 0 Å². The molecule has 1 aromatic carbocycles. The third kappa shape index (κ3) is 2.52. The molecular formula is C17H20ClNO. The van der Waals surface area contributed by atoms with Crippen molar-refractivity contribution < 1.29 is 4.74 Å². The van der Waals surface area contributed by atoms with Crippen LogP contribution in [-0.4, -0.2) is 6.61 Å². The molecule has 0 amide bonds. The average Bonchev–Trinajstić information content (AvgIpc) is 2.90. The van der Waals surface area contributed by atoms with Gasteiger partial charge in [0, 0.05) is 11.4 Å². The molecule has 3 heteroatoms. The highest BCUT2D eigenvalue weighted by Gasteiger charge is 2.36. The van der Waals surface area contributed by atoms with Gasteiger partial charge in [-0.2, -0.15) is 5.26 Å². The molecule has 106 valence electrons. The van der Waals surface area contributed by atoms with Crippen LogP contribution in [0.2, 0.25) is 5.02 Å². The van der Waals surface area contributed by atoms with Crippen molar-refractivity contribution in [3.8, 4) is 11.8 Å². The Bertz CT molecular complexity index is 553. The number of nitrogens with zero attached hydrogens (tertiary/aromatic N) is 1. The molecule has 0 radical (unpaired) electrons. The van der Waals surface area contributed by atoms with Crippen LogP contribution in [0.3, 0.4) is 0 Å². The van der Waals surface area contributed by atoms with Gasteiger partial charge in [-0.3, -0.25) is 0 Å². The van der Waals surface area contributed by atoms with E-state index >= 15 is 0 Å². The standard InChI is InChI=1S/C17H20ClNO/c1-12-2-5-17(11-19,6-3-12)10-14-9-15(18)8-13-4-7-20-16(13)14/h8-9,12H,2-7,10H2,1H3. The first-order chi connectivity index (χ1) is 9.62. The lowest BCUT2D eigenvalue weighted by Gasteiger charge is -2.34. The molecule has 1 aliphatic carbocycles. The highest BCUT2D eigenvalue weighted by atomic mass is 35.5. The molecule has 2 nitrogen and oxygen atoms in total. The number of ether oxygens (including phenoxy) is 1. The van der Waals surface area contributed by atoms with E-state index < -0.39 is 0 Å². The van der Waals surface area contributed by atoms with Gasteiger partial charge < -0.3 is 4.74 Å². The molecule has 0 saturated heterocycles. The summed E-state index contributed by atoms with van der Waals surface area (Å²) in [7, 11) is 0. The molecule has 1 heterocycles. The summed E-state index contributed by atoms with van der Waals surface area (Å²) >= 11 is 6.22. The van der Waals surface area contributed by atoms with Crippen molar-refractivity contribution >= 4 is 11.6 Å². The van der Waals surface area contributed by atoms with E-state index in [9.17, 15) is 5.26 Å². The van der Waals surface area contributed by atoms with Crippen LogP contribution in [-0.2, 0) is 12.8 Å². The number of hydrogen-bond acceptors (Lipinski definition) is 2. The molecule has 1 fully saturated rings. The summed E-state index contributed by atoms with van der Waals surface area (Å²) < 4.78 is 5.77. The molecule has 20 heavy (non-hydrogen) atoms. The molecule has 0 spiro atoms. The number of benzene rings is 1. The number of halogens is 1. The van der Waals surface area contributed by atoms with E-state index in [4.69, 9.17) is 16.3 Å². The van der Waals surface area contributed by atoms with Crippen molar-refractivity contribution in [2.45, 2.75) is 45.4 Å². The lowest BCUT2D eigenvalue weighted by molar-refractivity contribution is 0.217. The second-order valence-corrected chi connectivity index (χ2v) is 6.84. The van der Waals surface area contributed by atoms with Crippen LogP contribution in [0.15, 0.2) is 12.1 Å².